The van der Waals surface area contributed by atoms with Gasteiger partial charge < -0.3 is 10.1 Å². The minimum Gasteiger partial charge on any atom is -0.380 e. The normalized spacial score (nSPS) is 24.2. The summed E-state index contributed by atoms with van der Waals surface area (Å²) in [7, 11) is 0. The number of rotatable bonds is 7. The number of hydrogen-bond acceptors (Lipinski definition) is 2. The fourth-order valence-electron chi connectivity index (χ4n) is 2.24. The molecule has 2 nitrogen and oxygen atoms in total. The summed E-state index contributed by atoms with van der Waals surface area (Å²) in [4.78, 5) is 0. The van der Waals surface area contributed by atoms with Crippen molar-refractivity contribution in [1.29, 1.82) is 0 Å². The average Bonchev–Trinajstić information content (AvgIpc) is 3.04. The van der Waals surface area contributed by atoms with E-state index in [-0.39, 0.29) is 0 Å². The van der Waals surface area contributed by atoms with E-state index in [1.54, 1.807) is 0 Å². The van der Waals surface area contributed by atoms with Gasteiger partial charge in [-0.15, -0.1) is 0 Å². The molecule has 0 saturated heterocycles. The minimum absolute atomic E-state index is 0.529. The van der Waals surface area contributed by atoms with Crippen molar-refractivity contribution in [3.63, 3.8) is 0 Å². The molecule has 0 aromatic heterocycles. The molecule has 1 N–H and O–H groups in total. The first-order valence-electron chi connectivity index (χ1n) is 6.15. The second kappa shape index (κ2) is 4.63. The Morgan fingerprint density at radius 3 is 2.21 bits per heavy atom. The largest absolute Gasteiger partial charge is 0.380 e. The maximum Gasteiger partial charge on any atom is 0.0616 e. The van der Waals surface area contributed by atoms with E-state index in [9.17, 15) is 0 Å². The van der Waals surface area contributed by atoms with E-state index in [2.05, 4.69) is 19.2 Å². The molecule has 0 amide bonds. The molecule has 2 rings (SSSR count). The first kappa shape index (κ1) is 10.4. The van der Waals surface area contributed by atoms with Crippen molar-refractivity contribution in [2.24, 2.45) is 11.8 Å². The van der Waals surface area contributed by atoms with Crippen molar-refractivity contribution in [1.82, 2.24) is 5.32 Å². The van der Waals surface area contributed by atoms with Gasteiger partial charge in [0.2, 0.25) is 0 Å². The van der Waals surface area contributed by atoms with Gasteiger partial charge in [0.05, 0.1) is 6.61 Å². The van der Waals surface area contributed by atoms with Crippen LogP contribution in [0.15, 0.2) is 0 Å². The quantitative estimate of drug-likeness (QED) is 0.675. The van der Waals surface area contributed by atoms with Crippen LogP contribution in [0.25, 0.3) is 0 Å². The summed E-state index contributed by atoms with van der Waals surface area (Å²) in [5.41, 5.74) is 0. The van der Waals surface area contributed by atoms with E-state index in [4.69, 9.17) is 4.74 Å². The predicted molar refractivity (Wildman–Crippen MR) is 58.3 cm³/mol. The maximum atomic E-state index is 5.43. The van der Waals surface area contributed by atoms with E-state index >= 15 is 0 Å². The predicted octanol–water partition coefficient (Wildman–Crippen LogP) is 2.19. The second-order valence-corrected chi connectivity index (χ2v) is 4.93. The van der Waals surface area contributed by atoms with Gasteiger partial charge in [-0.2, -0.15) is 0 Å². The molecule has 2 aliphatic rings. The van der Waals surface area contributed by atoms with Crippen LogP contribution in [-0.4, -0.2) is 25.3 Å². The van der Waals surface area contributed by atoms with Crippen molar-refractivity contribution >= 4 is 0 Å². The van der Waals surface area contributed by atoms with Crippen LogP contribution in [0, 0.1) is 11.8 Å². The third-order valence-corrected chi connectivity index (χ3v) is 3.31. The number of nitrogens with one attached hydrogen (secondary N) is 1. The van der Waals surface area contributed by atoms with Crippen LogP contribution in [0.3, 0.4) is 0 Å². The lowest BCUT2D eigenvalue weighted by atomic mass is 10.1. The molecule has 1 unspecified atom stereocenters. The van der Waals surface area contributed by atoms with E-state index in [1.807, 2.05) is 0 Å². The van der Waals surface area contributed by atoms with Gasteiger partial charge in [0, 0.05) is 18.7 Å². The molecule has 2 fully saturated rings. The van der Waals surface area contributed by atoms with Crippen molar-refractivity contribution in [2.45, 2.75) is 51.6 Å². The lowest BCUT2D eigenvalue weighted by Gasteiger charge is -2.22. The Bertz CT molecular complexity index is 163. The highest BCUT2D eigenvalue weighted by atomic mass is 16.5. The van der Waals surface area contributed by atoms with E-state index in [1.165, 1.54) is 25.7 Å². The van der Waals surface area contributed by atoms with Crippen LogP contribution in [0.4, 0.5) is 0 Å². The summed E-state index contributed by atoms with van der Waals surface area (Å²) in [5.74, 6) is 1.98. The van der Waals surface area contributed by atoms with E-state index in [0.29, 0.717) is 6.04 Å². The molecular weight excluding hydrogens is 174 g/mol. The van der Waals surface area contributed by atoms with Gasteiger partial charge in [0.15, 0.2) is 0 Å². The highest BCUT2D eigenvalue weighted by Gasteiger charge is 2.41. The van der Waals surface area contributed by atoms with Gasteiger partial charge >= 0.3 is 0 Å². The van der Waals surface area contributed by atoms with Gasteiger partial charge in [-0.05, 0) is 51.4 Å². The molecule has 0 aromatic carbocycles. The van der Waals surface area contributed by atoms with Crippen LogP contribution in [0.1, 0.15) is 39.5 Å². The summed E-state index contributed by atoms with van der Waals surface area (Å²) in [6.45, 7) is 6.01. The monoisotopic (exact) mass is 197 g/mol. The number of hydrogen-bond donors (Lipinski definition) is 1. The zero-order valence-electron chi connectivity index (χ0n) is 9.46. The molecule has 0 aliphatic heterocycles. The first-order valence-corrected chi connectivity index (χ1v) is 6.15. The third-order valence-electron chi connectivity index (χ3n) is 3.31. The van der Waals surface area contributed by atoms with Gasteiger partial charge in [-0.3, -0.25) is 0 Å². The Hall–Kier alpha value is -0.0800. The van der Waals surface area contributed by atoms with E-state index < -0.39 is 0 Å². The zero-order valence-corrected chi connectivity index (χ0v) is 9.46. The van der Waals surface area contributed by atoms with Crippen molar-refractivity contribution in [2.75, 3.05) is 13.2 Å². The first-order chi connectivity index (χ1) is 6.81. The standard InChI is InChI=1S/C12H23NO/c1-3-14-8-9(2)13-12(10-4-5-10)11-6-7-11/h9-13H,3-8H2,1-2H3. The summed E-state index contributed by atoms with van der Waals surface area (Å²) in [5, 5.41) is 3.75. The molecule has 0 radical (unpaired) electrons. The fraction of sp³-hybridized carbons (Fsp3) is 1.00. The molecule has 14 heavy (non-hydrogen) atoms. The highest BCUT2D eigenvalue weighted by Crippen LogP contribution is 2.44. The lowest BCUT2D eigenvalue weighted by molar-refractivity contribution is 0.120. The Morgan fingerprint density at radius 2 is 1.79 bits per heavy atom. The molecule has 0 aromatic rings. The second-order valence-electron chi connectivity index (χ2n) is 4.93. The topological polar surface area (TPSA) is 21.3 Å². The van der Waals surface area contributed by atoms with Crippen LogP contribution in [0.2, 0.25) is 0 Å². The molecule has 0 bridgehead atoms. The zero-order chi connectivity index (χ0) is 9.97. The van der Waals surface area contributed by atoms with Crippen LogP contribution in [0.5, 0.6) is 0 Å². The summed E-state index contributed by atoms with van der Waals surface area (Å²) >= 11 is 0. The van der Waals surface area contributed by atoms with Gasteiger partial charge in [-0.1, -0.05) is 0 Å². The Kier molecular flexibility index (Phi) is 3.45. The van der Waals surface area contributed by atoms with Crippen LogP contribution < -0.4 is 5.32 Å². The van der Waals surface area contributed by atoms with Crippen LogP contribution >= 0.6 is 0 Å². The number of ether oxygens (including phenoxy) is 1. The van der Waals surface area contributed by atoms with Gasteiger partial charge in [0.1, 0.15) is 0 Å². The molecule has 2 heteroatoms. The smallest absolute Gasteiger partial charge is 0.0616 e. The molecule has 0 spiro atoms. The molecule has 2 aliphatic carbocycles. The Balaban J connectivity index is 1.69. The van der Waals surface area contributed by atoms with Crippen molar-refractivity contribution < 1.29 is 4.74 Å². The SMILES string of the molecule is CCOCC(C)NC(C1CC1)C1CC1. The Morgan fingerprint density at radius 1 is 1.21 bits per heavy atom. The van der Waals surface area contributed by atoms with Crippen molar-refractivity contribution in [3.8, 4) is 0 Å². The van der Waals surface area contributed by atoms with Crippen LogP contribution in [-0.2, 0) is 4.74 Å². The molecule has 1 atom stereocenters. The average molecular weight is 197 g/mol. The van der Waals surface area contributed by atoms with Gasteiger partial charge in [0.25, 0.3) is 0 Å². The molecular formula is C12H23NO. The maximum absolute atomic E-state index is 5.43. The van der Waals surface area contributed by atoms with Gasteiger partial charge in [-0.25, -0.2) is 0 Å². The lowest BCUT2D eigenvalue weighted by Crippen LogP contribution is -2.41. The summed E-state index contributed by atoms with van der Waals surface area (Å²) in [6, 6.07) is 1.34. The van der Waals surface area contributed by atoms with Crippen molar-refractivity contribution in [3.05, 3.63) is 0 Å². The molecule has 0 heterocycles. The fourth-order valence-corrected chi connectivity index (χ4v) is 2.24. The summed E-state index contributed by atoms with van der Waals surface area (Å²) in [6.07, 6.45) is 5.82. The minimum atomic E-state index is 0.529. The summed E-state index contributed by atoms with van der Waals surface area (Å²) < 4.78 is 5.43. The highest BCUT2D eigenvalue weighted by molar-refractivity contribution is 4.97. The third kappa shape index (κ3) is 2.96. The van der Waals surface area contributed by atoms with E-state index in [0.717, 1.165) is 31.1 Å². The Labute approximate surface area is 87.4 Å². The molecule has 82 valence electrons. The molecule has 2 saturated carbocycles.